The lowest BCUT2D eigenvalue weighted by molar-refractivity contribution is -0.142. The van der Waals surface area contributed by atoms with Gasteiger partial charge in [0, 0.05) is 18.5 Å². The van der Waals surface area contributed by atoms with Crippen LogP contribution in [0.2, 0.25) is 0 Å². The van der Waals surface area contributed by atoms with Crippen molar-refractivity contribution in [2.45, 2.75) is 128 Å². The van der Waals surface area contributed by atoms with E-state index in [0.29, 0.717) is 42.6 Å². The molecule has 0 aromatic heterocycles. The fraction of sp³-hybridized carbons (Fsp3) is 0.564. The standard InChI is InChI=1S/C39H50FN5O8/c1-24-15-17-27(18-16-24)53-43-35(48)39-20-26(39)12-8-6-5-7-9-14-31(41-36(49)52-38(2,3)4)34(47)45-22-28(19-32(45)33(46)42-39)51-37(50)44-21-25-11-10-13-30(40)29(25)23-44/h10-11,13,15-18,26,28,31-32H,5-9,12,14,19-23H2,1-4H3,(H,41,49)(H,42,46)(H,43,48)/t26-,28+,31-,32-,39+/m0/s1. The fourth-order valence-electron chi connectivity index (χ4n) is 7.55. The number of hydroxylamine groups is 1. The second-order valence-electron chi connectivity index (χ2n) is 15.7. The molecule has 3 heterocycles. The van der Waals surface area contributed by atoms with Gasteiger partial charge in [-0.3, -0.25) is 19.3 Å². The minimum atomic E-state index is -1.26. The summed E-state index contributed by atoms with van der Waals surface area (Å²) in [4.78, 5) is 77.0. The summed E-state index contributed by atoms with van der Waals surface area (Å²) in [5.41, 5.74) is 2.60. The van der Waals surface area contributed by atoms with E-state index in [2.05, 4.69) is 16.1 Å². The lowest BCUT2D eigenvalue weighted by Crippen LogP contribution is -2.58. The number of benzene rings is 2. The number of halogens is 1. The Kier molecular flexibility index (Phi) is 11.2. The van der Waals surface area contributed by atoms with Crippen molar-refractivity contribution >= 4 is 29.9 Å². The molecule has 286 valence electrons. The van der Waals surface area contributed by atoms with Crippen LogP contribution in [0, 0.1) is 18.7 Å². The van der Waals surface area contributed by atoms with Crippen LogP contribution in [-0.2, 0) is 36.9 Å². The molecule has 0 spiro atoms. The van der Waals surface area contributed by atoms with Crippen LogP contribution in [-0.4, -0.2) is 75.6 Å². The molecule has 3 aliphatic heterocycles. The van der Waals surface area contributed by atoms with E-state index in [1.165, 1.54) is 15.9 Å². The van der Waals surface area contributed by atoms with E-state index >= 15 is 0 Å². The first-order chi connectivity index (χ1) is 25.2. The molecule has 3 N–H and O–H groups in total. The molecule has 3 fully saturated rings. The number of carbonyl (C=O) groups excluding carboxylic acids is 5. The van der Waals surface area contributed by atoms with Gasteiger partial charge in [0.2, 0.25) is 11.8 Å². The van der Waals surface area contributed by atoms with Gasteiger partial charge in [0.1, 0.15) is 35.1 Å². The molecule has 0 unspecified atom stereocenters. The number of ether oxygens (including phenoxy) is 2. The van der Waals surface area contributed by atoms with Crippen molar-refractivity contribution in [1.82, 2.24) is 25.9 Å². The van der Waals surface area contributed by atoms with Crippen molar-refractivity contribution in [3.63, 3.8) is 0 Å². The molecular formula is C39H50FN5O8. The van der Waals surface area contributed by atoms with E-state index < -0.39 is 65.1 Å². The molecule has 53 heavy (non-hydrogen) atoms. The number of carbonyl (C=O) groups is 5. The highest BCUT2D eigenvalue weighted by atomic mass is 19.1. The van der Waals surface area contributed by atoms with Gasteiger partial charge in [-0.2, -0.15) is 5.48 Å². The molecule has 0 bridgehead atoms. The van der Waals surface area contributed by atoms with Crippen molar-refractivity contribution < 1.29 is 42.7 Å². The van der Waals surface area contributed by atoms with Gasteiger partial charge >= 0.3 is 12.2 Å². The lowest BCUT2D eigenvalue weighted by Gasteiger charge is -2.30. The van der Waals surface area contributed by atoms with Crippen LogP contribution in [0.5, 0.6) is 5.75 Å². The molecule has 2 saturated heterocycles. The maximum absolute atomic E-state index is 14.4. The summed E-state index contributed by atoms with van der Waals surface area (Å²) in [6.45, 7) is 7.18. The molecule has 4 aliphatic rings. The van der Waals surface area contributed by atoms with Crippen LogP contribution in [0.25, 0.3) is 0 Å². The maximum atomic E-state index is 14.4. The highest BCUT2D eigenvalue weighted by Gasteiger charge is 2.62. The summed E-state index contributed by atoms with van der Waals surface area (Å²) in [6, 6.07) is 9.72. The molecule has 1 aliphatic carbocycles. The Morgan fingerprint density at radius 3 is 2.40 bits per heavy atom. The first kappa shape index (κ1) is 37.9. The van der Waals surface area contributed by atoms with Gasteiger partial charge in [-0.25, -0.2) is 14.0 Å². The highest BCUT2D eigenvalue weighted by Crippen LogP contribution is 2.47. The van der Waals surface area contributed by atoms with Crippen LogP contribution < -0.4 is 21.0 Å². The van der Waals surface area contributed by atoms with Crippen molar-refractivity contribution in [1.29, 1.82) is 0 Å². The summed E-state index contributed by atoms with van der Waals surface area (Å²) >= 11 is 0. The molecule has 2 aromatic rings. The van der Waals surface area contributed by atoms with Gasteiger partial charge in [0.05, 0.1) is 13.1 Å². The highest BCUT2D eigenvalue weighted by molar-refractivity contribution is 5.98. The Morgan fingerprint density at radius 1 is 0.962 bits per heavy atom. The minimum absolute atomic E-state index is 0.0334. The van der Waals surface area contributed by atoms with Crippen molar-refractivity contribution in [2.24, 2.45) is 5.92 Å². The lowest BCUT2D eigenvalue weighted by atomic mass is 10.0. The van der Waals surface area contributed by atoms with Crippen molar-refractivity contribution in [3.05, 3.63) is 65.0 Å². The summed E-state index contributed by atoms with van der Waals surface area (Å²) < 4.78 is 25.8. The van der Waals surface area contributed by atoms with E-state index in [-0.39, 0.29) is 32.0 Å². The monoisotopic (exact) mass is 735 g/mol. The zero-order valence-electron chi connectivity index (χ0n) is 30.9. The molecule has 1 saturated carbocycles. The fourth-order valence-corrected chi connectivity index (χ4v) is 7.55. The number of hydrogen-bond donors (Lipinski definition) is 3. The van der Waals surface area contributed by atoms with E-state index in [4.69, 9.17) is 14.3 Å². The van der Waals surface area contributed by atoms with Crippen molar-refractivity contribution in [3.8, 4) is 5.75 Å². The first-order valence-corrected chi connectivity index (χ1v) is 18.6. The van der Waals surface area contributed by atoms with E-state index in [9.17, 15) is 28.4 Å². The third-order valence-corrected chi connectivity index (χ3v) is 10.5. The van der Waals surface area contributed by atoms with Crippen LogP contribution in [0.1, 0.15) is 95.2 Å². The number of hydrogen-bond acceptors (Lipinski definition) is 8. The van der Waals surface area contributed by atoms with Crippen LogP contribution >= 0.6 is 0 Å². The Hall–Kier alpha value is -4.88. The number of aryl methyl sites for hydroxylation is 1. The van der Waals surface area contributed by atoms with E-state index in [1.807, 2.05) is 19.1 Å². The second kappa shape index (κ2) is 15.6. The number of rotatable bonds is 5. The maximum Gasteiger partial charge on any atom is 0.410 e. The molecule has 5 atom stereocenters. The van der Waals surface area contributed by atoms with Crippen LogP contribution in [0.4, 0.5) is 14.0 Å². The Bertz CT molecular complexity index is 1710. The number of amides is 5. The van der Waals surface area contributed by atoms with Crippen molar-refractivity contribution in [2.75, 3.05) is 6.54 Å². The topological polar surface area (TPSA) is 156 Å². The smallest absolute Gasteiger partial charge is 0.410 e. The Balaban J connectivity index is 1.23. The molecule has 14 heteroatoms. The van der Waals surface area contributed by atoms with Gasteiger partial charge < -0.3 is 29.8 Å². The van der Waals surface area contributed by atoms with Gasteiger partial charge in [-0.1, -0.05) is 61.9 Å². The summed E-state index contributed by atoms with van der Waals surface area (Å²) in [6.07, 6.45) is 3.17. The minimum Gasteiger partial charge on any atom is -0.444 e. The zero-order valence-corrected chi connectivity index (χ0v) is 30.9. The molecule has 13 nitrogen and oxygen atoms in total. The van der Waals surface area contributed by atoms with Gasteiger partial charge in [0.25, 0.3) is 5.91 Å². The number of fused-ring (bicyclic) bond motifs is 3. The Morgan fingerprint density at radius 2 is 1.68 bits per heavy atom. The SMILES string of the molecule is Cc1ccc(ONC(=O)[C@@]23C[C@@H]2CCCCCCC[C@H](NC(=O)OC(C)(C)C)C(=O)N2C[C@H](OC(=O)N4Cc5cccc(F)c5C4)C[C@H]2C(=O)N3)cc1. The second-order valence-corrected chi connectivity index (χ2v) is 15.7. The average molecular weight is 736 g/mol. The number of nitrogens with zero attached hydrogens (tertiary/aromatic N) is 2. The third-order valence-electron chi connectivity index (χ3n) is 10.5. The molecule has 0 radical (unpaired) electrons. The van der Waals surface area contributed by atoms with Gasteiger partial charge in [-0.05, 0) is 76.6 Å². The zero-order chi connectivity index (χ0) is 37.9. The predicted molar refractivity (Wildman–Crippen MR) is 190 cm³/mol. The summed E-state index contributed by atoms with van der Waals surface area (Å²) in [5.74, 6) is -1.71. The predicted octanol–water partition coefficient (Wildman–Crippen LogP) is 5.18. The Labute approximate surface area is 309 Å². The largest absolute Gasteiger partial charge is 0.444 e. The van der Waals surface area contributed by atoms with Crippen LogP contribution in [0.15, 0.2) is 42.5 Å². The molecule has 5 amide bonds. The van der Waals surface area contributed by atoms with Crippen LogP contribution in [0.3, 0.4) is 0 Å². The van der Waals surface area contributed by atoms with Gasteiger partial charge in [-0.15, -0.1) is 0 Å². The molecular weight excluding hydrogens is 685 g/mol. The summed E-state index contributed by atoms with van der Waals surface area (Å²) in [7, 11) is 0. The normalized spacial score (nSPS) is 26.1. The third kappa shape index (κ3) is 9.02. The number of alkyl carbamates (subject to hydrolysis) is 1. The molecule has 2 aromatic carbocycles. The average Bonchev–Trinajstić information content (AvgIpc) is 3.39. The van der Waals surface area contributed by atoms with E-state index in [1.54, 1.807) is 45.0 Å². The number of nitrogens with one attached hydrogen (secondary N) is 3. The summed E-state index contributed by atoms with van der Waals surface area (Å²) in [5, 5.41) is 5.70. The first-order valence-electron chi connectivity index (χ1n) is 18.6. The van der Waals surface area contributed by atoms with Gasteiger partial charge in [0.15, 0.2) is 5.75 Å². The van der Waals surface area contributed by atoms with E-state index in [0.717, 1.165) is 31.2 Å². The molecule has 6 rings (SSSR count). The quantitative estimate of drug-likeness (QED) is 0.355.